The van der Waals surface area contributed by atoms with Gasteiger partial charge in [-0.05, 0) is 56.2 Å². The fourth-order valence-electron chi connectivity index (χ4n) is 3.78. The highest BCUT2D eigenvalue weighted by atomic mass is 35.5. The Kier molecular flexibility index (Phi) is 6.61. The van der Waals surface area contributed by atoms with Crippen molar-refractivity contribution in [3.8, 4) is 23.1 Å². The van der Waals surface area contributed by atoms with Crippen molar-refractivity contribution in [3.63, 3.8) is 0 Å². The monoisotopic (exact) mass is 480 g/mol. The summed E-state index contributed by atoms with van der Waals surface area (Å²) >= 11 is 6.33. The number of ether oxygens (including phenoxy) is 3. The van der Waals surface area contributed by atoms with Crippen LogP contribution in [0, 0.1) is 20.8 Å². The molecule has 0 aliphatic rings. The molecule has 176 valence electrons. The molecule has 0 radical (unpaired) electrons. The average Bonchev–Trinajstić information content (AvgIpc) is 3.16. The smallest absolute Gasteiger partial charge is 0.262 e. The zero-order chi connectivity index (χ0) is 24.4. The van der Waals surface area contributed by atoms with Crippen LogP contribution in [-0.2, 0) is 4.79 Å². The lowest BCUT2D eigenvalue weighted by molar-refractivity contribution is -0.118. The predicted molar refractivity (Wildman–Crippen MR) is 132 cm³/mol. The molecule has 0 saturated carbocycles. The summed E-state index contributed by atoms with van der Waals surface area (Å²) in [6.45, 7) is 5.59. The summed E-state index contributed by atoms with van der Waals surface area (Å²) in [6, 6.07) is 12.6. The number of fused-ring (bicyclic) bond motifs is 1. The summed E-state index contributed by atoms with van der Waals surface area (Å²) in [4.78, 5) is 17.2. The molecular weight excluding hydrogens is 456 g/mol. The summed E-state index contributed by atoms with van der Waals surface area (Å²) in [5.74, 6) is 1.07. The molecule has 8 nitrogen and oxygen atoms in total. The van der Waals surface area contributed by atoms with Crippen LogP contribution >= 0.6 is 11.6 Å². The number of amides is 1. The van der Waals surface area contributed by atoms with E-state index >= 15 is 0 Å². The lowest BCUT2D eigenvalue weighted by atomic mass is 10.1. The Morgan fingerprint density at radius 3 is 2.62 bits per heavy atom. The summed E-state index contributed by atoms with van der Waals surface area (Å²) in [6.07, 6.45) is 0. The molecule has 1 N–H and O–H groups in total. The maximum Gasteiger partial charge on any atom is 0.262 e. The zero-order valence-corrected chi connectivity index (χ0v) is 20.4. The second-order valence-electron chi connectivity index (χ2n) is 7.76. The first-order valence-electron chi connectivity index (χ1n) is 10.6. The summed E-state index contributed by atoms with van der Waals surface area (Å²) < 4.78 is 18.0. The number of anilines is 1. The molecule has 0 bridgehead atoms. The molecule has 0 aliphatic heterocycles. The molecule has 4 aromatic rings. The van der Waals surface area contributed by atoms with Gasteiger partial charge in [-0.2, -0.15) is 10.1 Å². The van der Waals surface area contributed by atoms with Crippen molar-refractivity contribution in [2.75, 3.05) is 26.1 Å². The number of carbonyl (C=O) groups excluding carboxylic acids is 1. The van der Waals surface area contributed by atoms with Crippen LogP contribution in [0.2, 0.25) is 5.02 Å². The van der Waals surface area contributed by atoms with Gasteiger partial charge in [-0.15, -0.1) is 0 Å². The normalized spacial score (nSPS) is 10.9. The van der Waals surface area contributed by atoms with Gasteiger partial charge in [0.15, 0.2) is 12.3 Å². The van der Waals surface area contributed by atoms with E-state index < -0.39 is 0 Å². The highest BCUT2D eigenvalue weighted by Crippen LogP contribution is 2.30. The topological polar surface area (TPSA) is 87.5 Å². The van der Waals surface area contributed by atoms with Gasteiger partial charge in [-0.25, -0.2) is 4.68 Å². The number of methoxy groups -OCH3 is 2. The lowest BCUT2D eigenvalue weighted by Crippen LogP contribution is -2.21. The number of aromatic nitrogens is 3. The van der Waals surface area contributed by atoms with E-state index in [2.05, 4.69) is 15.4 Å². The van der Waals surface area contributed by atoms with Gasteiger partial charge in [-0.3, -0.25) is 4.79 Å². The van der Waals surface area contributed by atoms with E-state index in [0.29, 0.717) is 33.7 Å². The number of nitrogens with one attached hydrogen (secondary N) is 1. The summed E-state index contributed by atoms with van der Waals surface area (Å²) in [5, 5.41) is 9.04. The molecule has 2 heterocycles. The zero-order valence-electron chi connectivity index (χ0n) is 19.6. The Balaban J connectivity index is 1.60. The fourth-order valence-corrected chi connectivity index (χ4v) is 3.95. The van der Waals surface area contributed by atoms with Crippen molar-refractivity contribution in [1.29, 1.82) is 0 Å². The second kappa shape index (κ2) is 9.61. The van der Waals surface area contributed by atoms with Crippen LogP contribution in [0.5, 0.6) is 17.4 Å². The Hall–Kier alpha value is -3.78. The molecule has 0 unspecified atom stereocenters. The maximum absolute atomic E-state index is 12.6. The number of hydrogen-bond acceptors (Lipinski definition) is 6. The minimum atomic E-state index is -0.360. The number of nitrogens with zero attached hydrogens (tertiary/aromatic N) is 3. The van der Waals surface area contributed by atoms with Crippen LogP contribution in [0.3, 0.4) is 0 Å². The molecule has 4 rings (SSSR count). The number of benzene rings is 2. The molecular formula is C25H25ClN4O4. The van der Waals surface area contributed by atoms with Gasteiger partial charge < -0.3 is 19.5 Å². The number of carbonyl (C=O) groups is 1. The minimum absolute atomic E-state index is 0.235. The van der Waals surface area contributed by atoms with Crippen molar-refractivity contribution in [1.82, 2.24) is 14.8 Å². The number of pyridine rings is 1. The first-order valence-corrected chi connectivity index (χ1v) is 11.0. The fraction of sp³-hybridized carbons (Fsp3) is 0.240. The van der Waals surface area contributed by atoms with Gasteiger partial charge in [0.1, 0.15) is 11.5 Å². The van der Waals surface area contributed by atoms with Crippen LogP contribution < -0.4 is 19.5 Å². The lowest BCUT2D eigenvalue weighted by Gasteiger charge is -2.13. The summed E-state index contributed by atoms with van der Waals surface area (Å²) in [5.41, 5.74) is 4.63. The van der Waals surface area contributed by atoms with Crippen LogP contribution in [0.1, 0.15) is 16.8 Å². The molecule has 1 amide bonds. The molecule has 0 spiro atoms. The van der Waals surface area contributed by atoms with Crippen LogP contribution in [0.4, 0.5) is 5.69 Å². The van der Waals surface area contributed by atoms with Crippen molar-refractivity contribution in [2.24, 2.45) is 0 Å². The van der Waals surface area contributed by atoms with E-state index in [1.165, 1.54) is 7.11 Å². The largest absolute Gasteiger partial charge is 0.497 e. The third-order valence-corrected chi connectivity index (χ3v) is 5.90. The van der Waals surface area contributed by atoms with E-state index in [0.717, 1.165) is 27.9 Å². The third kappa shape index (κ3) is 4.49. The molecule has 0 fully saturated rings. The van der Waals surface area contributed by atoms with Crippen LogP contribution in [0.25, 0.3) is 16.7 Å². The predicted octanol–water partition coefficient (Wildman–Crippen LogP) is 5.03. The van der Waals surface area contributed by atoms with Crippen molar-refractivity contribution in [3.05, 3.63) is 64.3 Å². The molecule has 0 saturated heterocycles. The molecule has 9 heteroatoms. The van der Waals surface area contributed by atoms with E-state index in [4.69, 9.17) is 25.8 Å². The second-order valence-corrected chi connectivity index (χ2v) is 8.17. The van der Waals surface area contributed by atoms with Crippen LogP contribution in [0.15, 0.2) is 42.5 Å². The van der Waals surface area contributed by atoms with Crippen molar-refractivity contribution in [2.45, 2.75) is 20.8 Å². The number of aryl methyl sites for hydroxylation is 2. The molecule has 0 atom stereocenters. The molecule has 34 heavy (non-hydrogen) atoms. The van der Waals surface area contributed by atoms with Crippen molar-refractivity contribution >= 4 is 34.2 Å². The van der Waals surface area contributed by atoms with E-state index in [1.807, 2.05) is 39.0 Å². The highest BCUT2D eigenvalue weighted by molar-refractivity contribution is 6.31. The van der Waals surface area contributed by atoms with Gasteiger partial charge in [-0.1, -0.05) is 17.7 Å². The standard InChI is InChI=1S/C25H25ClN4O4/c1-14-11-23(34-13-22(31)27-19-12-17(32-4)9-10-21(19)33-5)28-25-24(14)16(3)29-30(25)20-8-6-7-18(26)15(20)2/h6-12H,13H2,1-5H3,(H,27,31). The molecule has 2 aromatic heterocycles. The van der Waals surface area contributed by atoms with Crippen LogP contribution in [-0.4, -0.2) is 41.5 Å². The van der Waals surface area contributed by atoms with Gasteiger partial charge in [0.05, 0.1) is 31.3 Å². The quantitative estimate of drug-likeness (QED) is 0.399. The van der Waals surface area contributed by atoms with E-state index in [9.17, 15) is 4.79 Å². The Morgan fingerprint density at radius 2 is 1.88 bits per heavy atom. The Morgan fingerprint density at radius 1 is 1.09 bits per heavy atom. The Labute approximate surface area is 202 Å². The minimum Gasteiger partial charge on any atom is -0.497 e. The average molecular weight is 481 g/mol. The highest BCUT2D eigenvalue weighted by Gasteiger charge is 2.17. The number of hydrogen-bond donors (Lipinski definition) is 1. The van der Waals surface area contributed by atoms with Gasteiger partial charge in [0, 0.05) is 22.5 Å². The number of rotatable bonds is 7. The van der Waals surface area contributed by atoms with Gasteiger partial charge in [0.25, 0.3) is 5.91 Å². The SMILES string of the molecule is COc1ccc(OC)c(NC(=O)COc2cc(C)c3c(C)nn(-c4cccc(Cl)c4C)c3n2)c1. The van der Waals surface area contributed by atoms with E-state index in [-0.39, 0.29) is 12.5 Å². The van der Waals surface area contributed by atoms with Gasteiger partial charge in [0.2, 0.25) is 5.88 Å². The Bertz CT molecular complexity index is 1380. The van der Waals surface area contributed by atoms with E-state index in [1.54, 1.807) is 36.1 Å². The third-order valence-electron chi connectivity index (χ3n) is 5.49. The summed E-state index contributed by atoms with van der Waals surface area (Å²) in [7, 11) is 3.08. The first-order chi connectivity index (χ1) is 16.3. The molecule has 2 aromatic carbocycles. The number of halogens is 1. The first kappa shape index (κ1) is 23.4. The van der Waals surface area contributed by atoms with Gasteiger partial charge >= 0.3 is 0 Å². The maximum atomic E-state index is 12.6. The molecule has 0 aliphatic carbocycles. The van der Waals surface area contributed by atoms with Crippen molar-refractivity contribution < 1.29 is 19.0 Å².